The van der Waals surface area contributed by atoms with Crippen molar-refractivity contribution in [3.05, 3.63) is 77.7 Å². The second kappa shape index (κ2) is 10.2. The number of amides is 1. The van der Waals surface area contributed by atoms with Crippen molar-refractivity contribution in [2.24, 2.45) is 0 Å². The number of nitrogens with zero attached hydrogens (tertiary/aromatic N) is 1. The summed E-state index contributed by atoms with van der Waals surface area (Å²) in [5, 5.41) is 2.94. The average Bonchev–Trinajstić information content (AvgIpc) is 3.40. The Hall–Kier alpha value is -2.55. The topological polar surface area (TPSA) is 79.6 Å². The third-order valence-corrected chi connectivity index (χ3v) is 8.64. The normalized spacial score (nSPS) is 17.4. The van der Waals surface area contributed by atoms with Gasteiger partial charge in [-0.3, -0.25) is 9.69 Å². The van der Waals surface area contributed by atoms with Gasteiger partial charge in [0.2, 0.25) is 5.91 Å². The van der Waals surface area contributed by atoms with Crippen molar-refractivity contribution in [2.45, 2.75) is 42.6 Å². The zero-order chi connectivity index (χ0) is 23.4. The Kier molecular flexibility index (Phi) is 7.26. The lowest BCUT2D eigenvalue weighted by Crippen LogP contribution is -2.41. The highest BCUT2D eigenvalue weighted by atomic mass is 32.2. The number of aryl methyl sites for hydroxylation is 2. The molecule has 1 saturated heterocycles. The minimum atomic E-state index is -3.06. The average molecular weight is 485 g/mol. The molecule has 4 rings (SSSR count). The van der Waals surface area contributed by atoms with E-state index < -0.39 is 9.84 Å². The molecule has 1 atom stereocenters. The minimum Gasteiger partial charge on any atom is -0.468 e. The second-order valence-electron chi connectivity index (χ2n) is 8.48. The van der Waals surface area contributed by atoms with Gasteiger partial charge in [0.25, 0.3) is 0 Å². The zero-order valence-corrected chi connectivity index (χ0v) is 20.4. The maximum absolute atomic E-state index is 12.8. The summed E-state index contributed by atoms with van der Waals surface area (Å²) in [7, 11) is -3.06. The van der Waals surface area contributed by atoms with E-state index in [2.05, 4.69) is 37.4 Å². The number of hydrogen-bond acceptors (Lipinski definition) is 6. The van der Waals surface area contributed by atoms with Gasteiger partial charge < -0.3 is 9.73 Å². The molecule has 3 aromatic rings. The van der Waals surface area contributed by atoms with Gasteiger partial charge in [-0.05, 0) is 68.3 Å². The van der Waals surface area contributed by atoms with E-state index in [4.69, 9.17) is 4.42 Å². The fourth-order valence-electron chi connectivity index (χ4n) is 4.01. The van der Waals surface area contributed by atoms with Crippen molar-refractivity contribution >= 4 is 33.2 Å². The van der Waals surface area contributed by atoms with Crippen LogP contribution in [0.2, 0.25) is 0 Å². The Labute approximate surface area is 199 Å². The molecule has 0 spiro atoms. The largest absolute Gasteiger partial charge is 0.468 e. The Morgan fingerprint density at radius 2 is 1.94 bits per heavy atom. The van der Waals surface area contributed by atoms with Crippen LogP contribution in [0, 0.1) is 13.8 Å². The summed E-state index contributed by atoms with van der Waals surface area (Å²) in [5.74, 6) is 0.763. The van der Waals surface area contributed by atoms with Crippen LogP contribution in [0.15, 0.2) is 75.1 Å². The second-order valence-corrected chi connectivity index (χ2v) is 11.8. The van der Waals surface area contributed by atoms with Crippen LogP contribution in [0.3, 0.4) is 0 Å². The standard InChI is InChI=1S/C25H28N2O4S2/c1-18-5-10-24(19(2)14-18)32-23-8-6-20(7-9-23)26-25(28)16-27(15-22-4-3-12-31-22)21-11-13-33(29,30)17-21/h3-10,12,14,21H,11,13,15-17H2,1-2H3,(H,26,28)/t21-/m0/s1. The number of carbonyl (C=O) groups is 1. The SMILES string of the molecule is Cc1ccc(Sc2ccc(NC(=O)CN(Cc3ccco3)[C@H]3CCS(=O)(=O)C3)cc2)c(C)c1. The molecule has 174 valence electrons. The highest BCUT2D eigenvalue weighted by molar-refractivity contribution is 7.99. The Morgan fingerprint density at radius 3 is 2.58 bits per heavy atom. The third kappa shape index (κ3) is 6.50. The van der Waals surface area contributed by atoms with Crippen molar-refractivity contribution in [1.29, 1.82) is 0 Å². The summed E-state index contributed by atoms with van der Waals surface area (Å²) < 4.78 is 29.4. The van der Waals surface area contributed by atoms with E-state index in [0.717, 1.165) is 4.90 Å². The molecule has 0 unspecified atom stereocenters. The van der Waals surface area contributed by atoms with Crippen LogP contribution >= 0.6 is 11.8 Å². The lowest BCUT2D eigenvalue weighted by atomic mass is 10.2. The number of sulfone groups is 1. The molecule has 1 N–H and O–H groups in total. The van der Waals surface area contributed by atoms with Crippen molar-refractivity contribution in [1.82, 2.24) is 4.90 Å². The third-order valence-electron chi connectivity index (χ3n) is 5.71. The number of rotatable bonds is 8. The van der Waals surface area contributed by atoms with Crippen LogP contribution in [0.5, 0.6) is 0 Å². The molecule has 0 aliphatic carbocycles. The fraction of sp³-hybridized carbons (Fsp3) is 0.320. The summed E-state index contributed by atoms with van der Waals surface area (Å²) in [6.07, 6.45) is 2.11. The first-order valence-electron chi connectivity index (χ1n) is 10.9. The predicted molar refractivity (Wildman–Crippen MR) is 131 cm³/mol. The van der Waals surface area contributed by atoms with E-state index in [-0.39, 0.29) is 30.0 Å². The number of carbonyl (C=O) groups excluding carboxylic acids is 1. The number of benzene rings is 2. The molecule has 1 amide bonds. The van der Waals surface area contributed by atoms with Gasteiger partial charge in [0.1, 0.15) is 5.76 Å². The highest BCUT2D eigenvalue weighted by Gasteiger charge is 2.33. The maximum atomic E-state index is 12.8. The van der Waals surface area contributed by atoms with Gasteiger partial charge in [0, 0.05) is 21.5 Å². The number of hydrogen-bond donors (Lipinski definition) is 1. The summed E-state index contributed by atoms with van der Waals surface area (Å²) in [6, 6.07) is 17.6. The first-order chi connectivity index (χ1) is 15.8. The first-order valence-corrected chi connectivity index (χ1v) is 13.5. The van der Waals surface area contributed by atoms with Gasteiger partial charge in [0.05, 0.1) is 30.9 Å². The maximum Gasteiger partial charge on any atom is 0.238 e. The Morgan fingerprint density at radius 1 is 1.15 bits per heavy atom. The molecule has 0 saturated carbocycles. The van der Waals surface area contributed by atoms with Crippen LogP contribution in [0.4, 0.5) is 5.69 Å². The highest BCUT2D eigenvalue weighted by Crippen LogP contribution is 2.31. The lowest BCUT2D eigenvalue weighted by molar-refractivity contribution is -0.118. The van der Waals surface area contributed by atoms with Crippen molar-refractivity contribution in [3.8, 4) is 0 Å². The lowest BCUT2D eigenvalue weighted by Gasteiger charge is -2.26. The molecule has 0 bridgehead atoms. The van der Waals surface area contributed by atoms with Crippen molar-refractivity contribution in [2.75, 3.05) is 23.4 Å². The van der Waals surface area contributed by atoms with Gasteiger partial charge in [-0.1, -0.05) is 29.5 Å². The molecular weight excluding hydrogens is 456 g/mol. The van der Waals surface area contributed by atoms with E-state index in [9.17, 15) is 13.2 Å². The Bertz CT molecular complexity index is 1210. The van der Waals surface area contributed by atoms with Crippen LogP contribution in [0.25, 0.3) is 0 Å². The number of nitrogens with one attached hydrogen (secondary N) is 1. The van der Waals surface area contributed by atoms with Crippen LogP contribution in [-0.2, 0) is 21.2 Å². The number of furan rings is 1. The summed E-state index contributed by atoms with van der Waals surface area (Å²) in [5.41, 5.74) is 3.19. The van der Waals surface area contributed by atoms with Crippen LogP contribution in [0.1, 0.15) is 23.3 Å². The molecule has 8 heteroatoms. The molecule has 2 aromatic carbocycles. The van der Waals surface area contributed by atoms with E-state index in [0.29, 0.717) is 24.4 Å². The van der Waals surface area contributed by atoms with Crippen LogP contribution in [-0.4, -0.2) is 43.3 Å². The van der Waals surface area contributed by atoms with Gasteiger partial charge >= 0.3 is 0 Å². The van der Waals surface area contributed by atoms with E-state index in [1.807, 2.05) is 35.2 Å². The van der Waals surface area contributed by atoms with Crippen molar-refractivity contribution < 1.29 is 17.6 Å². The molecule has 1 aliphatic heterocycles. The summed E-state index contributed by atoms with van der Waals surface area (Å²) >= 11 is 1.69. The first kappa shape index (κ1) is 23.6. The van der Waals surface area contributed by atoms with E-state index >= 15 is 0 Å². The molecule has 1 aromatic heterocycles. The van der Waals surface area contributed by atoms with Gasteiger partial charge in [0.15, 0.2) is 9.84 Å². The van der Waals surface area contributed by atoms with Gasteiger partial charge in [-0.2, -0.15) is 0 Å². The summed E-state index contributed by atoms with van der Waals surface area (Å²) in [6.45, 7) is 4.68. The molecular formula is C25H28N2O4S2. The smallest absolute Gasteiger partial charge is 0.238 e. The van der Waals surface area contributed by atoms with E-state index in [1.165, 1.54) is 16.0 Å². The van der Waals surface area contributed by atoms with Crippen molar-refractivity contribution in [3.63, 3.8) is 0 Å². The minimum absolute atomic E-state index is 0.0747. The van der Waals surface area contributed by atoms with Crippen LogP contribution < -0.4 is 5.32 Å². The Balaban J connectivity index is 1.38. The predicted octanol–water partition coefficient (Wildman–Crippen LogP) is 4.68. The van der Waals surface area contributed by atoms with Gasteiger partial charge in [-0.25, -0.2) is 8.42 Å². The monoisotopic (exact) mass is 484 g/mol. The van der Waals surface area contributed by atoms with E-state index in [1.54, 1.807) is 24.1 Å². The molecule has 2 heterocycles. The molecule has 0 radical (unpaired) electrons. The zero-order valence-electron chi connectivity index (χ0n) is 18.8. The summed E-state index contributed by atoms with van der Waals surface area (Å²) in [4.78, 5) is 17.0. The van der Waals surface area contributed by atoms with Gasteiger partial charge in [-0.15, -0.1) is 0 Å². The number of anilines is 1. The molecule has 1 aliphatic rings. The fourth-order valence-corrected chi connectivity index (χ4v) is 6.66. The molecule has 33 heavy (non-hydrogen) atoms. The quantitative estimate of drug-likeness (QED) is 0.500. The molecule has 6 nitrogen and oxygen atoms in total. The molecule has 1 fully saturated rings.